The van der Waals surface area contributed by atoms with Gasteiger partial charge in [-0.15, -0.1) is 0 Å². The quantitative estimate of drug-likeness (QED) is 0.853. The average molecular weight is 216 g/mol. The number of likely N-dealkylation sites (N-methyl/N-ethyl adjacent to an activating group) is 1. The Morgan fingerprint density at radius 2 is 2.31 bits per heavy atom. The Bertz CT molecular complexity index is 437. The first-order valence-corrected chi connectivity index (χ1v) is 5.40. The van der Waals surface area contributed by atoms with Gasteiger partial charge in [0.2, 0.25) is 0 Å². The molecule has 0 aromatic carbocycles. The van der Waals surface area contributed by atoms with Crippen molar-refractivity contribution in [1.29, 1.82) is 0 Å². The van der Waals surface area contributed by atoms with Crippen LogP contribution in [0.15, 0.2) is 41.3 Å². The third-order valence-electron chi connectivity index (χ3n) is 2.69. The normalized spacial score (nSPS) is 12.6. The van der Waals surface area contributed by atoms with Crippen LogP contribution in [0.3, 0.4) is 0 Å². The summed E-state index contributed by atoms with van der Waals surface area (Å²) in [5.41, 5.74) is 3.51. The Labute approximate surface area is 95.5 Å². The number of nitrogens with one attached hydrogen (secondary N) is 1. The number of nitrogens with zero attached hydrogens (tertiary/aromatic N) is 1. The predicted octanol–water partition coefficient (Wildman–Crippen LogP) is 2.49. The maximum Gasteiger partial charge on any atom is 0.0935 e. The van der Waals surface area contributed by atoms with E-state index in [1.54, 1.807) is 12.5 Å². The highest BCUT2D eigenvalue weighted by atomic mass is 16.3. The van der Waals surface area contributed by atoms with Gasteiger partial charge in [-0.05, 0) is 49.7 Å². The minimum absolute atomic E-state index is 0.305. The molecule has 2 rings (SSSR count). The predicted molar refractivity (Wildman–Crippen MR) is 63.2 cm³/mol. The lowest BCUT2D eigenvalue weighted by atomic mass is 10.0. The van der Waals surface area contributed by atoms with Crippen LogP contribution >= 0.6 is 0 Å². The second kappa shape index (κ2) is 4.94. The highest BCUT2D eigenvalue weighted by Crippen LogP contribution is 2.18. The van der Waals surface area contributed by atoms with Gasteiger partial charge in [0.15, 0.2) is 0 Å². The molecule has 0 fully saturated rings. The van der Waals surface area contributed by atoms with E-state index in [1.165, 1.54) is 11.1 Å². The van der Waals surface area contributed by atoms with Crippen LogP contribution in [0.1, 0.15) is 22.9 Å². The van der Waals surface area contributed by atoms with Crippen LogP contribution < -0.4 is 5.32 Å². The Morgan fingerprint density at radius 3 is 2.94 bits per heavy atom. The Morgan fingerprint density at radius 1 is 1.44 bits per heavy atom. The zero-order valence-electron chi connectivity index (χ0n) is 9.60. The molecule has 0 bridgehead atoms. The third kappa shape index (κ3) is 2.49. The molecule has 0 amide bonds. The second-order valence-corrected chi connectivity index (χ2v) is 3.91. The molecule has 2 heterocycles. The molecule has 0 aliphatic carbocycles. The van der Waals surface area contributed by atoms with Crippen LogP contribution in [-0.4, -0.2) is 12.0 Å². The largest absolute Gasteiger partial charge is 0.472 e. The first kappa shape index (κ1) is 10.9. The molecule has 2 aromatic heterocycles. The van der Waals surface area contributed by atoms with Gasteiger partial charge in [-0.25, -0.2) is 0 Å². The monoisotopic (exact) mass is 216 g/mol. The summed E-state index contributed by atoms with van der Waals surface area (Å²) >= 11 is 0. The van der Waals surface area contributed by atoms with Crippen molar-refractivity contribution in [3.63, 3.8) is 0 Å². The van der Waals surface area contributed by atoms with E-state index in [-0.39, 0.29) is 0 Å². The number of hydrogen-bond donors (Lipinski definition) is 1. The number of aryl methyl sites for hydroxylation is 1. The van der Waals surface area contributed by atoms with E-state index >= 15 is 0 Å². The lowest BCUT2D eigenvalue weighted by molar-refractivity contribution is 0.551. The molecule has 0 saturated heterocycles. The Kier molecular flexibility index (Phi) is 3.37. The highest BCUT2D eigenvalue weighted by molar-refractivity contribution is 5.22. The van der Waals surface area contributed by atoms with Gasteiger partial charge < -0.3 is 9.73 Å². The number of hydrogen-bond acceptors (Lipinski definition) is 3. The molecule has 1 unspecified atom stereocenters. The number of pyridine rings is 1. The van der Waals surface area contributed by atoms with Crippen molar-refractivity contribution in [3.05, 3.63) is 53.7 Å². The standard InChI is InChI=1S/C13H16N2O/c1-10-7-12(3-5-15-10)13(14-2)8-11-4-6-16-9-11/h3-7,9,13-14H,8H2,1-2H3. The van der Waals surface area contributed by atoms with E-state index in [2.05, 4.69) is 16.4 Å². The fourth-order valence-electron chi connectivity index (χ4n) is 1.82. The van der Waals surface area contributed by atoms with E-state index in [0.717, 1.165) is 12.1 Å². The van der Waals surface area contributed by atoms with Crippen molar-refractivity contribution in [2.45, 2.75) is 19.4 Å². The van der Waals surface area contributed by atoms with Crippen LogP contribution in [0.4, 0.5) is 0 Å². The summed E-state index contributed by atoms with van der Waals surface area (Å²) in [6, 6.07) is 6.47. The van der Waals surface area contributed by atoms with Crippen LogP contribution in [0.2, 0.25) is 0 Å². The highest BCUT2D eigenvalue weighted by Gasteiger charge is 2.10. The molecule has 0 spiro atoms. The summed E-state index contributed by atoms with van der Waals surface area (Å²) in [7, 11) is 1.97. The zero-order chi connectivity index (χ0) is 11.4. The summed E-state index contributed by atoms with van der Waals surface area (Å²) in [5, 5.41) is 3.31. The molecular weight excluding hydrogens is 200 g/mol. The molecule has 16 heavy (non-hydrogen) atoms. The molecule has 3 nitrogen and oxygen atoms in total. The lowest BCUT2D eigenvalue weighted by Gasteiger charge is -2.15. The van der Waals surface area contributed by atoms with Gasteiger partial charge in [0, 0.05) is 17.9 Å². The Hall–Kier alpha value is -1.61. The van der Waals surface area contributed by atoms with E-state index in [0.29, 0.717) is 6.04 Å². The topological polar surface area (TPSA) is 38.1 Å². The van der Waals surface area contributed by atoms with Gasteiger partial charge in [0.1, 0.15) is 0 Å². The maximum atomic E-state index is 5.08. The first-order chi connectivity index (χ1) is 7.79. The smallest absolute Gasteiger partial charge is 0.0935 e. The number of furan rings is 1. The SMILES string of the molecule is CNC(Cc1ccoc1)c1ccnc(C)c1. The molecule has 3 heteroatoms. The molecule has 0 aliphatic rings. The lowest BCUT2D eigenvalue weighted by Crippen LogP contribution is -2.18. The van der Waals surface area contributed by atoms with Gasteiger partial charge in [0.25, 0.3) is 0 Å². The molecule has 0 saturated carbocycles. The number of rotatable bonds is 4. The van der Waals surface area contributed by atoms with E-state index in [1.807, 2.05) is 32.3 Å². The summed E-state index contributed by atoms with van der Waals surface area (Å²) < 4.78 is 5.08. The van der Waals surface area contributed by atoms with Gasteiger partial charge >= 0.3 is 0 Å². The minimum atomic E-state index is 0.305. The van der Waals surface area contributed by atoms with Crippen LogP contribution in [-0.2, 0) is 6.42 Å². The fourth-order valence-corrected chi connectivity index (χ4v) is 1.82. The van der Waals surface area contributed by atoms with Crippen molar-refractivity contribution >= 4 is 0 Å². The Balaban J connectivity index is 2.16. The van der Waals surface area contributed by atoms with E-state index in [9.17, 15) is 0 Å². The van der Waals surface area contributed by atoms with Gasteiger partial charge in [-0.3, -0.25) is 4.98 Å². The van der Waals surface area contributed by atoms with Crippen molar-refractivity contribution in [1.82, 2.24) is 10.3 Å². The van der Waals surface area contributed by atoms with Crippen LogP contribution in [0.25, 0.3) is 0 Å². The second-order valence-electron chi connectivity index (χ2n) is 3.91. The summed E-state index contributed by atoms with van der Waals surface area (Å²) in [5.74, 6) is 0. The molecule has 84 valence electrons. The average Bonchev–Trinajstić information content (AvgIpc) is 2.78. The maximum absolute atomic E-state index is 5.08. The van der Waals surface area contributed by atoms with Crippen molar-refractivity contribution < 1.29 is 4.42 Å². The van der Waals surface area contributed by atoms with Crippen molar-refractivity contribution in [3.8, 4) is 0 Å². The molecule has 0 aliphatic heterocycles. The number of aromatic nitrogens is 1. The van der Waals surface area contributed by atoms with Crippen LogP contribution in [0.5, 0.6) is 0 Å². The molecular formula is C13H16N2O. The molecule has 1 N–H and O–H groups in total. The van der Waals surface area contributed by atoms with Gasteiger partial charge in [-0.2, -0.15) is 0 Å². The van der Waals surface area contributed by atoms with E-state index in [4.69, 9.17) is 4.42 Å². The van der Waals surface area contributed by atoms with E-state index < -0.39 is 0 Å². The zero-order valence-corrected chi connectivity index (χ0v) is 9.60. The first-order valence-electron chi connectivity index (χ1n) is 5.40. The van der Waals surface area contributed by atoms with Crippen LogP contribution in [0, 0.1) is 6.92 Å². The summed E-state index contributed by atoms with van der Waals surface area (Å²) in [6.07, 6.45) is 6.28. The molecule has 0 radical (unpaired) electrons. The summed E-state index contributed by atoms with van der Waals surface area (Å²) in [6.45, 7) is 2.01. The fraction of sp³-hybridized carbons (Fsp3) is 0.308. The third-order valence-corrected chi connectivity index (χ3v) is 2.69. The van der Waals surface area contributed by atoms with Crippen molar-refractivity contribution in [2.75, 3.05) is 7.05 Å². The van der Waals surface area contributed by atoms with Gasteiger partial charge in [-0.1, -0.05) is 0 Å². The van der Waals surface area contributed by atoms with Gasteiger partial charge in [0.05, 0.1) is 12.5 Å². The molecule has 2 aromatic rings. The summed E-state index contributed by atoms with van der Waals surface area (Å²) in [4.78, 5) is 4.21. The van der Waals surface area contributed by atoms with Crippen molar-refractivity contribution in [2.24, 2.45) is 0 Å². The molecule has 1 atom stereocenters. The minimum Gasteiger partial charge on any atom is -0.472 e.